The van der Waals surface area contributed by atoms with Crippen LogP contribution in [0.5, 0.6) is 0 Å². The lowest BCUT2D eigenvalue weighted by Crippen LogP contribution is -2.43. The predicted molar refractivity (Wildman–Crippen MR) is 118 cm³/mol. The number of aliphatic hydroxyl groups is 1. The lowest BCUT2D eigenvalue weighted by atomic mass is 9.98. The fourth-order valence-corrected chi connectivity index (χ4v) is 4.67. The maximum atomic E-state index is 12.9. The molecule has 0 aromatic heterocycles. The van der Waals surface area contributed by atoms with Crippen molar-refractivity contribution in [2.45, 2.75) is 57.2 Å². The van der Waals surface area contributed by atoms with Crippen molar-refractivity contribution in [3.63, 3.8) is 0 Å². The number of carbonyl (C=O) groups excluding carboxylic acids is 1. The zero-order valence-corrected chi connectivity index (χ0v) is 19.1. The molecule has 0 aliphatic carbocycles. The predicted octanol–water partition coefficient (Wildman–Crippen LogP) is 3.27. The van der Waals surface area contributed by atoms with E-state index in [-0.39, 0.29) is 10.8 Å². The van der Waals surface area contributed by atoms with E-state index in [1.54, 1.807) is 52.1 Å². The molecule has 2 N–H and O–H groups in total. The van der Waals surface area contributed by atoms with Crippen LogP contribution >= 0.6 is 0 Å². The summed E-state index contributed by atoms with van der Waals surface area (Å²) in [5.74, 6) is -0.546. The lowest BCUT2D eigenvalue weighted by molar-refractivity contribution is -0.138. The fourth-order valence-electron chi connectivity index (χ4n) is 3.42. The third-order valence-electron chi connectivity index (χ3n) is 5.37. The summed E-state index contributed by atoms with van der Waals surface area (Å²) in [6.45, 7) is 7.21. The van der Waals surface area contributed by atoms with Gasteiger partial charge in [-0.2, -0.15) is 0 Å². The highest BCUT2D eigenvalue weighted by Gasteiger charge is 2.28. The minimum absolute atomic E-state index is 0.140. The minimum atomic E-state index is -3.65. The second kappa shape index (κ2) is 10.2. The van der Waals surface area contributed by atoms with Crippen LogP contribution in [0.25, 0.3) is 0 Å². The average molecular weight is 433 g/mol. The molecule has 0 unspecified atom stereocenters. The molecular weight excluding hydrogens is 400 g/mol. The first kappa shape index (κ1) is 24.1. The number of benzene rings is 2. The van der Waals surface area contributed by atoms with Crippen molar-refractivity contribution in [1.29, 1.82) is 0 Å². The van der Waals surface area contributed by atoms with Crippen molar-refractivity contribution >= 4 is 15.9 Å². The Morgan fingerprint density at radius 1 is 1.03 bits per heavy atom. The van der Waals surface area contributed by atoms with Gasteiger partial charge in [-0.05, 0) is 44.9 Å². The molecule has 0 aliphatic rings. The van der Waals surface area contributed by atoms with Crippen LogP contribution in [0, 0.1) is 12.8 Å². The van der Waals surface area contributed by atoms with Crippen LogP contribution in [0.2, 0.25) is 0 Å². The molecule has 0 fully saturated rings. The summed E-state index contributed by atoms with van der Waals surface area (Å²) >= 11 is 0. The first-order valence-corrected chi connectivity index (χ1v) is 11.6. The number of nitrogens with zero attached hydrogens (tertiary/aromatic N) is 1. The monoisotopic (exact) mass is 432 g/mol. The highest BCUT2D eigenvalue weighted by atomic mass is 32.2. The standard InChI is InChI=1S/C23H32N2O4S/c1-16-11-13-21(14-12-16)30(28,29)24-18(3)15-17(2)23(27)25(5)19(4)22(26)20-9-7-6-8-10-20/h6-14,17-19,22,24,26H,15H2,1-5H3/t17-,18+,19-,22+/m0/s1. The number of hydrogen-bond donors (Lipinski definition) is 2. The number of aryl methyl sites for hydroxylation is 1. The third kappa shape index (κ3) is 6.14. The van der Waals surface area contributed by atoms with Gasteiger partial charge in [-0.3, -0.25) is 4.79 Å². The summed E-state index contributed by atoms with van der Waals surface area (Å²) in [6, 6.07) is 15.0. The molecule has 0 heterocycles. The van der Waals surface area contributed by atoms with Gasteiger partial charge in [0.1, 0.15) is 0 Å². The Hall–Kier alpha value is -2.22. The molecule has 7 heteroatoms. The van der Waals surface area contributed by atoms with Crippen molar-refractivity contribution < 1.29 is 18.3 Å². The second-order valence-electron chi connectivity index (χ2n) is 8.02. The molecule has 0 radical (unpaired) electrons. The molecule has 0 saturated heterocycles. The van der Waals surface area contributed by atoms with Gasteiger partial charge < -0.3 is 10.0 Å². The van der Waals surface area contributed by atoms with E-state index in [4.69, 9.17) is 0 Å². The van der Waals surface area contributed by atoms with Crippen LogP contribution < -0.4 is 4.72 Å². The quantitative estimate of drug-likeness (QED) is 0.637. The largest absolute Gasteiger partial charge is 0.386 e. The SMILES string of the molecule is Cc1ccc(S(=O)(=O)N[C@H](C)C[C@H](C)C(=O)N(C)[C@@H](C)[C@@H](O)c2ccccc2)cc1. The van der Waals surface area contributed by atoms with Crippen LogP contribution in [-0.2, 0) is 14.8 Å². The Morgan fingerprint density at radius 2 is 1.60 bits per heavy atom. The molecule has 0 saturated carbocycles. The Kier molecular flexibility index (Phi) is 8.18. The van der Waals surface area contributed by atoms with Crippen molar-refractivity contribution in [2.24, 2.45) is 5.92 Å². The number of nitrogens with one attached hydrogen (secondary N) is 1. The Bertz CT molecular complexity index is 929. The zero-order valence-electron chi connectivity index (χ0n) is 18.2. The summed E-state index contributed by atoms with van der Waals surface area (Å²) in [4.78, 5) is 14.6. The van der Waals surface area contributed by atoms with Gasteiger partial charge in [-0.25, -0.2) is 13.1 Å². The lowest BCUT2D eigenvalue weighted by Gasteiger charge is -2.32. The maximum Gasteiger partial charge on any atom is 0.240 e. The molecule has 0 spiro atoms. The number of sulfonamides is 1. The first-order chi connectivity index (χ1) is 14.0. The van der Waals surface area contributed by atoms with Gasteiger partial charge >= 0.3 is 0 Å². The summed E-state index contributed by atoms with van der Waals surface area (Å²) in [5.41, 5.74) is 1.73. The van der Waals surface area contributed by atoms with Gasteiger partial charge in [0.2, 0.25) is 15.9 Å². The molecule has 6 nitrogen and oxygen atoms in total. The molecule has 30 heavy (non-hydrogen) atoms. The van der Waals surface area contributed by atoms with Crippen LogP contribution in [0.15, 0.2) is 59.5 Å². The van der Waals surface area contributed by atoms with Crippen molar-refractivity contribution in [3.8, 4) is 0 Å². The molecule has 4 atom stereocenters. The third-order valence-corrected chi connectivity index (χ3v) is 6.98. The summed E-state index contributed by atoms with van der Waals surface area (Å²) < 4.78 is 27.8. The topological polar surface area (TPSA) is 86.7 Å². The molecule has 2 aromatic carbocycles. The van der Waals surface area contributed by atoms with Crippen LogP contribution in [0.4, 0.5) is 0 Å². The Morgan fingerprint density at radius 3 is 2.17 bits per heavy atom. The molecule has 0 aliphatic heterocycles. The summed E-state index contributed by atoms with van der Waals surface area (Å²) in [6.07, 6.45) is -0.451. The number of rotatable bonds is 9. The van der Waals surface area contributed by atoms with Gasteiger partial charge in [-0.15, -0.1) is 0 Å². The normalized spacial score (nSPS) is 15.8. The average Bonchev–Trinajstić information content (AvgIpc) is 2.71. The number of hydrogen-bond acceptors (Lipinski definition) is 4. The highest BCUT2D eigenvalue weighted by molar-refractivity contribution is 7.89. The van der Waals surface area contributed by atoms with E-state index >= 15 is 0 Å². The van der Waals surface area contributed by atoms with Crippen LogP contribution in [0.1, 0.15) is 44.4 Å². The number of aliphatic hydroxyl groups excluding tert-OH is 1. The number of amides is 1. The van der Waals surface area contributed by atoms with E-state index in [9.17, 15) is 18.3 Å². The van der Waals surface area contributed by atoms with Gasteiger partial charge in [0.05, 0.1) is 17.0 Å². The van der Waals surface area contributed by atoms with E-state index in [1.165, 1.54) is 4.90 Å². The van der Waals surface area contributed by atoms with Crippen molar-refractivity contribution in [2.75, 3.05) is 7.05 Å². The van der Waals surface area contributed by atoms with Crippen molar-refractivity contribution in [3.05, 3.63) is 65.7 Å². The fraction of sp³-hybridized carbons (Fsp3) is 0.435. The zero-order chi connectivity index (χ0) is 22.5. The molecule has 2 rings (SSSR count). The van der Waals surface area contributed by atoms with Gasteiger partial charge in [-0.1, -0.05) is 55.0 Å². The maximum absolute atomic E-state index is 12.9. The number of carbonyl (C=O) groups is 1. The molecular formula is C23H32N2O4S. The smallest absolute Gasteiger partial charge is 0.240 e. The van der Waals surface area contributed by atoms with Gasteiger partial charge in [0.15, 0.2) is 0 Å². The van der Waals surface area contributed by atoms with Crippen LogP contribution in [0.3, 0.4) is 0 Å². The highest BCUT2D eigenvalue weighted by Crippen LogP contribution is 2.22. The second-order valence-corrected chi connectivity index (χ2v) is 9.73. The Labute approximate surface area is 180 Å². The molecule has 2 aromatic rings. The van der Waals surface area contributed by atoms with Gasteiger partial charge in [0, 0.05) is 19.0 Å². The van der Waals surface area contributed by atoms with Crippen LogP contribution in [-0.4, -0.2) is 43.5 Å². The number of likely N-dealkylation sites (N-methyl/N-ethyl adjacent to an activating group) is 1. The van der Waals surface area contributed by atoms with E-state index in [0.717, 1.165) is 11.1 Å². The summed E-state index contributed by atoms with van der Waals surface area (Å²) in [5, 5.41) is 10.6. The van der Waals surface area contributed by atoms with E-state index < -0.39 is 34.1 Å². The van der Waals surface area contributed by atoms with Gasteiger partial charge in [0.25, 0.3) is 0 Å². The minimum Gasteiger partial charge on any atom is -0.386 e. The first-order valence-electron chi connectivity index (χ1n) is 10.1. The molecule has 0 bridgehead atoms. The van der Waals surface area contributed by atoms with E-state index in [1.807, 2.05) is 37.3 Å². The van der Waals surface area contributed by atoms with Crippen molar-refractivity contribution in [1.82, 2.24) is 9.62 Å². The van der Waals surface area contributed by atoms with E-state index in [2.05, 4.69) is 4.72 Å². The van der Waals surface area contributed by atoms with E-state index in [0.29, 0.717) is 6.42 Å². The molecule has 1 amide bonds. The Balaban J connectivity index is 1.97. The summed E-state index contributed by atoms with van der Waals surface area (Å²) in [7, 11) is -1.99. The molecule has 164 valence electrons.